The van der Waals surface area contributed by atoms with Crippen LogP contribution in [0, 0.1) is 23.6 Å². The molecule has 43 heavy (non-hydrogen) atoms. The van der Waals surface area contributed by atoms with Crippen molar-refractivity contribution < 1.29 is 28.6 Å². The highest BCUT2D eigenvalue weighted by Gasteiger charge is 2.29. The average Bonchev–Trinajstić information content (AvgIpc) is 3.58. The first-order chi connectivity index (χ1) is 20.7. The number of aromatic nitrogens is 3. The van der Waals surface area contributed by atoms with E-state index in [0.29, 0.717) is 35.4 Å². The summed E-state index contributed by atoms with van der Waals surface area (Å²) in [4.78, 5) is 43.6. The lowest BCUT2D eigenvalue weighted by atomic mass is 9.98. The van der Waals surface area contributed by atoms with E-state index < -0.39 is 29.6 Å². The number of nitrogens with one attached hydrogen (secondary N) is 4. The van der Waals surface area contributed by atoms with Crippen LogP contribution in [0.4, 0.5) is 10.1 Å². The van der Waals surface area contributed by atoms with Gasteiger partial charge in [0.15, 0.2) is 11.5 Å². The monoisotopic (exact) mass is 584 g/mol. The van der Waals surface area contributed by atoms with Crippen molar-refractivity contribution in [3.05, 3.63) is 87.6 Å². The van der Waals surface area contributed by atoms with Gasteiger partial charge in [0, 0.05) is 12.6 Å². The third kappa shape index (κ3) is 4.81. The van der Waals surface area contributed by atoms with Gasteiger partial charge in [0.2, 0.25) is 0 Å². The molecule has 218 valence electrons. The quantitative estimate of drug-likeness (QED) is 0.162. The lowest BCUT2D eigenvalue weighted by molar-refractivity contribution is 0.0695. The Morgan fingerprint density at radius 2 is 2.02 bits per heavy atom. The number of benzene rings is 2. The normalized spacial score (nSPS) is 15.4. The lowest BCUT2D eigenvalue weighted by Gasteiger charge is -2.28. The number of fused-ring (bicyclic) bond motifs is 3. The number of carbonyl (C=O) groups excluding carboxylic acids is 2. The van der Waals surface area contributed by atoms with Crippen LogP contribution in [0.25, 0.3) is 5.65 Å². The van der Waals surface area contributed by atoms with Gasteiger partial charge in [-0.3, -0.25) is 25.3 Å². The number of aromatic carboxylic acids is 1. The predicted octanol–water partition coefficient (Wildman–Crippen LogP) is 3.01. The molecule has 1 aliphatic carbocycles. The highest BCUT2D eigenvalue weighted by Crippen LogP contribution is 2.35. The molecule has 1 atom stereocenters. The molecule has 3 heterocycles. The number of anilines is 1. The minimum Gasteiger partial charge on any atom is -0.483 e. The van der Waals surface area contributed by atoms with E-state index in [1.807, 2.05) is 0 Å². The van der Waals surface area contributed by atoms with E-state index >= 15 is 0 Å². The van der Waals surface area contributed by atoms with Crippen LogP contribution in [0.15, 0.2) is 42.6 Å². The zero-order chi connectivity index (χ0) is 30.4. The molecule has 14 heteroatoms. The number of carbonyl (C=O) groups is 3. The molecule has 2 aliphatic rings. The first-order valence-corrected chi connectivity index (χ1v) is 13.3. The Kier molecular flexibility index (Phi) is 6.80. The van der Waals surface area contributed by atoms with Crippen molar-refractivity contribution in [1.29, 1.82) is 10.8 Å². The summed E-state index contributed by atoms with van der Waals surface area (Å²) in [6, 6.07) is 9.11. The second-order valence-electron chi connectivity index (χ2n) is 10.1. The van der Waals surface area contributed by atoms with Crippen molar-refractivity contribution in [2.24, 2.45) is 0 Å². The van der Waals surface area contributed by atoms with Crippen LogP contribution in [0.3, 0.4) is 0 Å². The lowest BCUT2D eigenvalue weighted by Crippen LogP contribution is -2.37. The zero-order valence-corrected chi connectivity index (χ0v) is 22.8. The summed E-state index contributed by atoms with van der Waals surface area (Å²) >= 11 is 0. The van der Waals surface area contributed by atoms with Crippen molar-refractivity contribution in [3.8, 4) is 5.75 Å². The largest absolute Gasteiger partial charge is 0.483 e. The molecular weight excluding hydrogens is 559 g/mol. The van der Waals surface area contributed by atoms with Gasteiger partial charge in [-0.25, -0.2) is 18.7 Å². The number of halogens is 1. The number of hydrogen-bond donors (Lipinski definition) is 5. The topological polar surface area (TPSA) is 186 Å². The highest BCUT2D eigenvalue weighted by molar-refractivity contribution is 6.12. The summed E-state index contributed by atoms with van der Waals surface area (Å²) in [6.45, 7) is 1.81. The van der Waals surface area contributed by atoms with Crippen molar-refractivity contribution in [3.63, 3.8) is 0 Å². The van der Waals surface area contributed by atoms with Crippen molar-refractivity contribution in [2.75, 3.05) is 11.5 Å². The molecule has 2 aromatic heterocycles. The second kappa shape index (κ2) is 10.6. The number of carboxylic acids is 1. The van der Waals surface area contributed by atoms with Crippen molar-refractivity contribution in [2.45, 2.75) is 32.4 Å². The van der Waals surface area contributed by atoms with Gasteiger partial charge in [-0.1, -0.05) is 12.1 Å². The molecule has 0 bridgehead atoms. The Labute approximate surface area is 243 Å². The van der Waals surface area contributed by atoms with Gasteiger partial charge in [0.1, 0.15) is 29.6 Å². The molecule has 0 radical (unpaired) electrons. The highest BCUT2D eigenvalue weighted by atomic mass is 19.1. The van der Waals surface area contributed by atoms with E-state index in [9.17, 15) is 23.9 Å². The maximum Gasteiger partial charge on any atom is 0.335 e. The van der Waals surface area contributed by atoms with Crippen molar-refractivity contribution >= 4 is 41.3 Å². The van der Waals surface area contributed by atoms with Crippen molar-refractivity contribution in [1.82, 2.24) is 25.2 Å². The SMILES string of the molecule is Cc1c(C(=O)O)ccc2c1CC[C@@H]2NC(=O)c1cc(C(=O)NCc2ccc3c(c2)N(C=N)C(=N)CO3)nc2c(F)cnn12. The van der Waals surface area contributed by atoms with E-state index in [1.54, 1.807) is 31.2 Å². The van der Waals surface area contributed by atoms with Gasteiger partial charge in [-0.05, 0) is 60.2 Å². The summed E-state index contributed by atoms with van der Waals surface area (Å²) in [7, 11) is 0. The van der Waals surface area contributed by atoms with Crippen LogP contribution >= 0.6 is 0 Å². The van der Waals surface area contributed by atoms with Crippen LogP contribution in [-0.2, 0) is 13.0 Å². The van der Waals surface area contributed by atoms with Crippen LogP contribution < -0.4 is 20.3 Å². The summed E-state index contributed by atoms with van der Waals surface area (Å²) in [5.74, 6) is -2.51. The summed E-state index contributed by atoms with van der Waals surface area (Å²) in [6.07, 6.45) is 3.04. The average molecular weight is 585 g/mol. The Morgan fingerprint density at radius 1 is 1.21 bits per heavy atom. The van der Waals surface area contributed by atoms with E-state index in [2.05, 4.69) is 20.7 Å². The molecule has 13 nitrogen and oxygen atoms in total. The van der Waals surface area contributed by atoms with Crippen LogP contribution in [0.5, 0.6) is 5.75 Å². The second-order valence-corrected chi connectivity index (χ2v) is 10.1. The fourth-order valence-electron chi connectivity index (χ4n) is 5.47. The van der Waals surface area contributed by atoms with Gasteiger partial charge >= 0.3 is 5.97 Å². The molecule has 4 aromatic rings. The van der Waals surface area contributed by atoms with Gasteiger partial charge in [-0.15, -0.1) is 0 Å². The molecule has 1 aliphatic heterocycles. The maximum absolute atomic E-state index is 14.6. The minimum absolute atomic E-state index is 0.0340. The van der Waals surface area contributed by atoms with Gasteiger partial charge in [0.25, 0.3) is 11.8 Å². The summed E-state index contributed by atoms with van der Waals surface area (Å²) in [5, 5.41) is 34.6. The van der Waals surface area contributed by atoms with E-state index in [4.69, 9.17) is 15.6 Å². The third-order valence-corrected chi connectivity index (χ3v) is 7.64. The molecular formula is C29H25FN8O5. The zero-order valence-electron chi connectivity index (χ0n) is 22.8. The first-order valence-electron chi connectivity index (χ1n) is 13.3. The molecule has 0 saturated carbocycles. The van der Waals surface area contributed by atoms with Gasteiger partial charge < -0.3 is 20.5 Å². The summed E-state index contributed by atoms with van der Waals surface area (Å²) < 4.78 is 21.1. The number of carboxylic acid groups (broad SMARTS) is 1. The minimum atomic E-state index is -1.02. The molecule has 6 rings (SSSR count). The molecule has 2 amide bonds. The predicted molar refractivity (Wildman–Crippen MR) is 152 cm³/mol. The van der Waals surface area contributed by atoms with E-state index in [0.717, 1.165) is 28.2 Å². The number of nitrogens with zero attached hydrogens (tertiary/aromatic N) is 4. The molecule has 5 N–H and O–H groups in total. The van der Waals surface area contributed by atoms with Gasteiger partial charge in [0.05, 0.1) is 29.8 Å². The molecule has 2 aromatic carbocycles. The molecule has 0 saturated heterocycles. The fraction of sp³-hybridized carbons (Fsp3) is 0.207. The summed E-state index contributed by atoms with van der Waals surface area (Å²) in [5.41, 5.74) is 3.07. The third-order valence-electron chi connectivity index (χ3n) is 7.64. The molecule has 0 spiro atoms. The van der Waals surface area contributed by atoms with Crippen LogP contribution in [-0.4, -0.2) is 56.3 Å². The Morgan fingerprint density at radius 3 is 2.79 bits per heavy atom. The maximum atomic E-state index is 14.6. The standard InChI is InChI=1S/C29H25FN8O5/c1-14-16-5-6-20(18(16)4-3-17(14)29(41)42)36-28(40)23-9-21(35-26-19(30)11-34-38(23)26)27(39)33-10-15-2-7-24-22(8-15)37(13-31)25(32)12-43-24/h2-4,7-9,11,13,20,31-32H,5-6,10,12H2,1H3,(H,33,39)(H,36,40)(H,41,42)/t20-/m0/s1. The van der Waals surface area contributed by atoms with E-state index in [1.165, 1.54) is 17.0 Å². The van der Waals surface area contributed by atoms with Crippen LogP contribution in [0.1, 0.15) is 66.1 Å². The van der Waals surface area contributed by atoms with E-state index in [-0.39, 0.29) is 41.6 Å². The number of hydrogen-bond acceptors (Lipinski definition) is 8. The fourth-order valence-corrected chi connectivity index (χ4v) is 5.47. The number of amidine groups is 1. The smallest absolute Gasteiger partial charge is 0.335 e. The molecule has 0 fully saturated rings. The Hall–Kier alpha value is -5.66. The Balaban J connectivity index is 1.24. The Bertz CT molecular complexity index is 1870. The van der Waals surface area contributed by atoms with Crippen LogP contribution in [0.2, 0.25) is 0 Å². The first kappa shape index (κ1) is 27.5. The van der Waals surface area contributed by atoms with Gasteiger partial charge in [-0.2, -0.15) is 5.10 Å². The molecule has 0 unspecified atom stereocenters. The number of ether oxygens (including phenoxy) is 1. The number of rotatable bonds is 7. The number of amides is 2.